The Kier molecular flexibility index (Phi) is 11.8. The van der Waals surface area contributed by atoms with Gasteiger partial charge in [0.1, 0.15) is 36.0 Å². The standard InChI is InChI=1S/C45H50F3N11O7/c1-54-40-29(35(64-2)11-9-33(40)59(45(54)63)34-10-12-38(60)52-44(34)62)4-3-17-65-36-13-15-55(22-31(36)46)20-25-5-7-26(8-6-25)58-23-32(39(53-58)41(47)48)50-43(61)30-19-49-57-16-14-37(51-42(30)57)56-21-28-18-27(56)24-66-28/h9,11,14,16,19,23,25-28,31,34,36,41H,5-8,10,12-13,15,17-18,20-22,24H2,1-2H3,(H,50,61)(H,52,60,62)/t25?,26?,27-,28-,31-,34?,36+/m1/s1. The Morgan fingerprint density at radius 2 is 1.91 bits per heavy atom. The summed E-state index contributed by atoms with van der Waals surface area (Å²) in [7, 11) is 3.07. The van der Waals surface area contributed by atoms with Crippen LogP contribution in [0.5, 0.6) is 5.75 Å². The maximum Gasteiger partial charge on any atom is 0.329 e. The number of carbonyl (C=O) groups excluding carboxylic acids is 3. The number of halogens is 3. The van der Waals surface area contributed by atoms with Crippen molar-refractivity contribution < 1.29 is 41.8 Å². The first-order chi connectivity index (χ1) is 31.9. The zero-order chi connectivity index (χ0) is 45.8. The second-order valence-corrected chi connectivity index (χ2v) is 17.9. The minimum Gasteiger partial charge on any atom is -0.495 e. The van der Waals surface area contributed by atoms with Crippen molar-refractivity contribution in [3.05, 3.63) is 64.1 Å². The molecule has 18 nitrogen and oxygen atoms in total. The molecule has 8 heterocycles. The van der Waals surface area contributed by atoms with Gasteiger partial charge in [-0.25, -0.2) is 27.5 Å². The molecule has 3 amide bonds. The zero-order valence-electron chi connectivity index (χ0n) is 36.5. The molecule has 0 spiro atoms. The molecule has 1 aromatic carbocycles. The van der Waals surface area contributed by atoms with Gasteiger partial charge < -0.3 is 24.4 Å². The van der Waals surface area contributed by atoms with Gasteiger partial charge in [0.05, 0.1) is 66.5 Å². The maximum absolute atomic E-state index is 15.6. The Morgan fingerprint density at radius 1 is 1.08 bits per heavy atom. The summed E-state index contributed by atoms with van der Waals surface area (Å²) in [6.07, 6.45) is 4.67. The molecule has 21 heteroatoms. The third kappa shape index (κ3) is 8.19. The SMILES string of the molecule is COc1ccc2c(c1C#CCO[C@H]1CCN(CC3CCC(n4cc(NC(=O)c5cnn6ccc(N7C[C@H]8C[C@@H]7CO8)nc56)c(C(F)F)n4)CC3)C[C@H]1F)n(C)c(=O)n2C1CCC(=O)NC1=O. The Morgan fingerprint density at radius 3 is 2.64 bits per heavy atom. The van der Waals surface area contributed by atoms with E-state index >= 15 is 4.39 Å². The lowest BCUT2D eigenvalue weighted by Crippen LogP contribution is -2.47. The molecule has 2 bridgehead atoms. The lowest BCUT2D eigenvalue weighted by atomic mass is 9.85. The van der Waals surface area contributed by atoms with E-state index < -0.39 is 47.9 Å². The number of hydrogen-bond donors (Lipinski definition) is 2. The van der Waals surface area contributed by atoms with E-state index in [-0.39, 0.29) is 67.3 Å². The van der Waals surface area contributed by atoms with Crippen molar-refractivity contribution in [3.8, 4) is 17.6 Å². The van der Waals surface area contributed by atoms with Crippen LogP contribution >= 0.6 is 0 Å². The number of nitrogens with zero attached hydrogens (tertiary/aromatic N) is 9. The van der Waals surface area contributed by atoms with Crippen LogP contribution in [0, 0.1) is 17.8 Å². The van der Waals surface area contributed by atoms with Gasteiger partial charge in [-0.3, -0.25) is 38.4 Å². The number of amides is 3. The van der Waals surface area contributed by atoms with Crippen molar-refractivity contribution in [1.82, 2.24) is 43.7 Å². The van der Waals surface area contributed by atoms with Gasteiger partial charge in [0.2, 0.25) is 11.8 Å². The number of imidazole rings is 1. The fourth-order valence-electron chi connectivity index (χ4n) is 10.4. The van der Waals surface area contributed by atoms with E-state index in [0.717, 1.165) is 19.3 Å². The summed E-state index contributed by atoms with van der Waals surface area (Å²) in [5.41, 5.74) is 0.850. The van der Waals surface area contributed by atoms with E-state index in [0.29, 0.717) is 79.3 Å². The number of benzene rings is 1. The number of imide groups is 1. The quantitative estimate of drug-likeness (QED) is 0.144. The van der Waals surface area contributed by atoms with Crippen LogP contribution in [0.3, 0.4) is 0 Å². The van der Waals surface area contributed by atoms with E-state index in [1.807, 2.05) is 6.07 Å². The Labute approximate surface area is 376 Å². The number of rotatable bonds is 11. The fraction of sp³-hybridized carbons (Fsp3) is 0.533. The lowest BCUT2D eigenvalue weighted by molar-refractivity contribution is -0.135. The first-order valence-corrected chi connectivity index (χ1v) is 22.4. The molecule has 0 radical (unpaired) electrons. The van der Waals surface area contributed by atoms with Gasteiger partial charge in [-0.2, -0.15) is 10.2 Å². The van der Waals surface area contributed by atoms with Crippen LogP contribution in [0.25, 0.3) is 16.7 Å². The maximum atomic E-state index is 15.6. The average molecular weight is 914 g/mol. The number of aromatic nitrogens is 7. The van der Waals surface area contributed by atoms with Gasteiger partial charge in [-0.1, -0.05) is 11.8 Å². The molecule has 5 aliphatic rings. The second kappa shape index (κ2) is 17.9. The van der Waals surface area contributed by atoms with Gasteiger partial charge in [0, 0.05) is 52.0 Å². The minimum atomic E-state index is -2.91. The van der Waals surface area contributed by atoms with E-state index in [2.05, 4.69) is 42.5 Å². The molecule has 1 saturated carbocycles. The number of piperidine rings is 2. The highest BCUT2D eigenvalue weighted by Crippen LogP contribution is 2.37. The number of fused-ring (bicyclic) bond motifs is 4. The monoisotopic (exact) mass is 913 g/mol. The third-order valence-electron chi connectivity index (χ3n) is 13.8. The molecular formula is C45H50F3N11O7. The lowest BCUT2D eigenvalue weighted by Gasteiger charge is -2.38. The predicted octanol–water partition coefficient (Wildman–Crippen LogP) is 3.94. The van der Waals surface area contributed by atoms with Crippen molar-refractivity contribution in [2.75, 3.05) is 56.7 Å². The molecule has 4 aliphatic heterocycles. The van der Waals surface area contributed by atoms with Gasteiger partial charge in [0.25, 0.3) is 12.3 Å². The summed E-state index contributed by atoms with van der Waals surface area (Å²) in [6, 6.07) is 4.43. The molecule has 4 saturated heterocycles. The zero-order valence-corrected chi connectivity index (χ0v) is 36.5. The molecule has 4 aromatic heterocycles. The summed E-state index contributed by atoms with van der Waals surface area (Å²) in [5.74, 6) is 5.91. The smallest absolute Gasteiger partial charge is 0.329 e. The molecule has 5 aromatic rings. The number of alkyl halides is 3. The summed E-state index contributed by atoms with van der Waals surface area (Å²) in [5, 5.41) is 13.5. The van der Waals surface area contributed by atoms with Gasteiger partial charge in [-0.15, -0.1) is 0 Å². The molecule has 348 valence electrons. The molecule has 10 rings (SSSR count). The number of methoxy groups -OCH3 is 1. The first kappa shape index (κ1) is 43.6. The number of anilines is 2. The van der Waals surface area contributed by atoms with Crippen LogP contribution in [0.1, 0.15) is 91.5 Å². The minimum absolute atomic E-state index is 0.0579. The van der Waals surface area contributed by atoms with Crippen molar-refractivity contribution >= 4 is 45.9 Å². The molecule has 5 atom stereocenters. The van der Waals surface area contributed by atoms with Crippen LogP contribution < -0.4 is 26.0 Å². The first-order valence-electron chi connectivity index (χ1n) is 22.4. The highest BCUT2D eigenvalue weighted by Gasteiger charge is 2.40. The topological polar surface area (TPSA) is 184 Å². The van der Waals surface area contributed by atoms with Crippen molar-refractivity contribution in [2.45, 2.75) is 94.3 Å². The van der Waals surface area contributed by atoms with Crippen LogP contribution in [0.2, 0.25) is 0 Å². The number of morpholine rings is 1. The second-order valence-electron chi connectivity index (χ2n) is 17.9. The number of nitrogens with one attached hydrogen (secondary N) is 2. The summed E-state index contributed by atoms with van der Waals surface area (Å²) in [4.78, 5) is 60.4. The number of hydrogen-bond acceptors (Lipinski definition) is 12. The van der Waals surface area contributed by atoms with E-state index in [4.69, 9.17) is 19.2 Å². The number of aryl methyl sites for hydroxylation is 1. The van der Waals surface area contributed by atoms with Crippen LogP contribution in [0.4, 0.5) is 24.7 Å². The average Bonchev–Trinajstić information content (AvgIpc) is 4.16. The molecule has 66 heavy (non-hydrogen) atoms. The van der Waals surface area contributed by atoms with Crippen molar-refractivity contribution in [2.24, 2.45) is 13.0 Å². The Hall–Kier alpha value is -6.24. The van der Waals surface area contributed by atoms with Crippen molar-refractivity contribution in [1.29, 1.82) is 0 Å². The fourth-order valence-corrected chi connectivity index (χ4v) is 10.4. The van der Waals surface area contributed by atoms with Crippen LogP contribution in [-0.2, 0) is 26.1 Å². The van der Waals surface area contributed by atoms with Crippen molar-refractivity contribution in [3.63, 3.8) is 0 Å². The van der Waals surface area contributed by atoms with E-state index in [1.165, 1.54) is 33.2 Å². The predicted molar refractivity (Wildman–Crippen MR) is 232 cm³/mol. The van der Waals surface area contributed by atoms with E-state index in [1.54, 1.807) is 30.1 Å². The number of likely N-dealkylation sites (tertiary alicyclic amines) is 1. The van der Waals surface area contributed by atoms with Gasteiger partial charge >= 0.3 is 5.69 Å². The molecule has 1 unspecified atom stereocenters. The third-order valence-corrected chi connectivity index (χ3v) is 13.8. The molecular weight excluding hydrogens is 864 g/mol. The Bertz CT molecular complexity index is 2820. The van der Waals surface area contributed by atoms with Crippen LogP contribution in [-0.4, -0.2) is 127 Å². The molecule has 5 fully saturated rings. The summed E-state index contributed by atoms with van der Waals surface area (Å²) >= 11 is 0. The molecule has 2 N–H and O–H groups in total. The van der Waals surface area contributed by atoms with E-state index in [9.17, 15) is 28.0 Å². The van der Waals surface area contributed by atoms with Gasteiger partial charge in [-0.05, 0) is 69.1 Å². The number of carbonyl (C=O) groups is 3. The summed E-state index contributed by atoms with van der Waals surface area (Å²) in [6.45, 7) is 2.83. The largest absolute Gasteiger partial charge is 0.495 e. The Balaban J connectivity index is 0.722. The van der Waals surface area contributed by atoms with Crippen LogP contribution in [0.15, 0.2) is 41.6 Å². The molecule has 1 aliphatic carbocycles. The number of ether oxygens (including phenoxy) is 3. The highest BCUT2D eigenvalue weighted by atomic mass is 19.3. The van der Waals surface area contributed by atoms with Gasteiger partial charge in [0.15, 0.2) is 11.3 Å². The normalized spacial score (nSPS) is 25.7. The summed E-state index contributed by atoms with van der Waals surface area (Å²) < 4.78 is 67.2. The highest BCUT2D eigenvalue weighted by molar-refractivity contribution is 6.08.